The molecule has 38 heavy (non-hydrogen) atoms. The topological polar surface area (TPSA) is 0 Å². The van der Waals surface area contributed by atoms with E-state index in [0.717, 1.165) is 0 Å². The van der Waals surface area contributed by atoms with Gasteiger partial charge in [-0.05, 0) is 108 Å². The van der Waals surface area contributed by atoms with Crippen molar-refractivity contribution in [3.63, 3.8) is 0 Å². The van der Waals surface area contributed by atoms with E-state index in [2.05, 4.69) is 170 Å². The van der Waals surface area contributed by atoms with Gasteiger partial charge in [0.05, 0.1) is 21.8 Å². The zero-order valence-corrected chi connectivity index (χ0v) is 22.6. The normalized spacial score (nSPS) is 11.1. The van der Waals surface area contributed by atoms with Crippen molar-refractivity contribution in [3.8, 4) is 11.1 Å². The summed E-state index contributed by atoms with van der Waals surface area (Å²) < 4.78 is 0. The van der Waals surface area contributed by atoms with Crippen molar-refractivity contribution < 1.29 is 0 Å². The number of benzene rings is 6. The molecule has 0 amide bonds. The molecule has 6 aromatic carbocycles. The van der Waals surface area contributed by atoms with E-state index in [-0.39, 0.29) is 21.8 Å². The van der Waals surface area contributed by atoms with Gasteiger partial charge in [0, 0.05) is 0 Å². The molecule has 0 bridgehead atoms. The van der Waals surface area contributed by atoms with Crippen LogP contribution in [0.1, 0.15) is 0 Å². The third-order valence-corrected chi connectivity index (χ3v) is 10.9. The summed E-state index contributed by atoms with van der Waals surface area (Å²) in [5, 5.41) is 0. The monoisotopic (exact) mass is 524 g/mol. The fraction of sp³-hybridized carbons (Fsp3) is 0. The van der Waals surface area contributed by atoms with E-state index in [0.29, 0.717) is 0 Å². The molecule has 0 heterocycles. The van der Waals surface area contributed by atoms with Gasteiger partial charge in [-0.25, -0.2) is 0 Å². The van der Waals surface area contributed by atoms with E-state index in [1.807, 2.05) is 0 Å². The van der Waals surface area contributed by atoms with Gasteiger partial charge in [0.2, 0.25) is 0 Å². The van der Waals surface area contributed by atoms with Crippen LogP contribution in [-0.2, 0) is 21.8 Å². The first-order valence-corrected chi connectivity index (χ1v) is 15.2. The minimum Gasteiger partial charge on any atom is -0.0619 e. The summed E-state index contributed by atoms with van der Waals surface area (Å²) in [5.41, 5.74) is 2.48. The predicted molar refractivity (Wildman–Crippen MR) is 162 cm³/mol. The highest BCUT2D eigenvalue weighted by molar-refractivity contribution is 7.97. The summed E-state index contributed by atoms with van der Waals surface area (Å²) in [5.74, 6) is 0. The Labute approximate surface area is 231 Å². The molecule has 0 radical (unpaired) electrons. The molecule has 0 unspecified atom stereocenters. The van der Waals surface area contributed by atoms with Crippen molar-refractivity contribution in [3.05, 3.63) is 170 Å². The highest BCUT2D eigenvalue weighted by atomic mass is 32.2. The summed E-state index contributed by atoms with van der Waals surface area (Å²) in [7, 11) is -0.261. The summed E-state index contributed by atoms with van der Waals surface area (Å²) >= 11 is 0. The van der Waals surface area contributed by atoms with E-state index in [1.54, 1.807) is 0 Å². The first kappa shape index (κ1) is 24.4. The molecule has 0 aliphatic carbocycles. The van der Waals surface area contributed by atoms with Crippen LogP contribution in [0.5, 0.6) is 0 Å². The summed E-state index contributed by atoms with van der Waals surface area (Å²) in [4.78, 5) is 8.01. The molecule has 6 aromatic rings. The second-order valence-electron chi connectivity index (χ2n) is 8.91. The molecule has 0 atom stereocenters. The number of hydrogen-bond acceptors (Lipinski definition) is 0. The van der Waals surface area contributed by atoms with Gasteiger partial charge in [0.1, 0.15) is 0 Å². The Morgan fingerprint density at radius 2 is 0.421 bits per heavy atom. The van der Waals surface area contributed by atoms with Crippen molar-refractivity contribution >= 4 is 21.8 Å². The molecule has 0 fully saturated rings. The molecule has 0 N–H and O–H groups in total. The number of hydrogen-bond donors (Lipinski definition) is 0. The first-order chi connectivity index (χ1) is 18.9. The fourth-order valence-electron chi connectivity index (χ4n) is 4.61. The lowest BCUT2D eigenvalue weighted by Crippen LogP contribution is -2.05. The van der Waals surface area contributed by atoms with Gasteiger partial charge in [0.15, 0.2) is 29.4 Å². The average molecular weight is 525 g/mol. The molecule has 0 spiro atoms. The lowest BCUT2D eigenvalue weighted by Gasteiger charge is -2.10. The number of rotatable bonds is 7. The van der Waals surface area contributed by atoms with Gasteiger partial charge >= 0.3 is 0 Å². The van der Waals surface area contributed by atoms with Crippen LogP contribution in [0.4, 0.5) is 0 Å². The van der Waals surface area contributed by atoms with E-state index >= 15 is 0 Å². The Balaban J connectivity index is 1.31. The van der Waals surface area contributed by atoms with E-state index in [1.165, 1.54) is 40.5 Å². The Hall–Kier alpha value is -3.98. The van der Waals surface area contributed by atoms with Gasteiger partial charge < -0.3 is 0 Å². The lowest BCUT2D eigenvalue weighted by molar-refractivity contribution is 1.31. The molecule has 0 saturated heterocycles. The first-order valence-electron chi connectivity index (χ1n) is 12.8. The van der Waals surface area contributed by atoms with Crippen molar-refractivity contribution in [2.75, 3.05) is 0 Å². The standard InChI is InChI=1S/C36H28S2/c1-5-13-31(14-6-1)37(32-15-7-2-8-16-32)35-25-21-29(22-26-35)30-23-27-36(28-24-30)38(33-17-9-3-10-18-33)34-19-11-4-12-20-34/h1-28H/q+2. The highest BCUT2D eigenvalue weighted by Gasteiger charge is 2.29. The van der Waals surface area contributed by atoms with Gasteiger partial charge in [-0.2, -0.15) is 0 Å². The summed E-state index contributed by atoms with van der Waals surface area (Å²) in [6.07, 6.45) is 0. The van der Waals surface area contributed by atoms with Gasteiger partial charge in [-0.1, -0.05) is 72.8 Å². The molecular formula is C36H28S2+2. The maximum atomic E-state index is 2.30. The van der Waals surface area contributed by atoms with E-state index in [4.69, 9.17) is 0 Å². The van der Waals surface area contributed by atoms with Crippen molar-refractivity contribution in [1.82, 2.24) is 0 Å². The zero-order valence-electron chi connectivity index (χ0n) is 21.0. The Morgan fingerprint density at radius 1 is 0.211 bits per heavy atom. The molecule has 0 aromatic heterocycles. The van der Waals surface area contributed by atoms with Crippen LogP contribution in [0.3, 0.4) is 0 Å². The van der Waals surface area contributed by atoms with Crippen LogP contribution in [0.2, 0.25) is 0 Å². The molecule has 0 nitrogen and oxygen atoms in total. The molecule has 0 aliphatic heterocycles. The minimum absolute atomic E-state index is 0.130. The molecule has 6 rings (SSSR count). The molecular weight excluding hydrogens is 497 g/mol. The van der Waals surface area contributed by atoms with Crippen LogP contribution in [0, 0.1) is 0 Å². The summed E-state index contributed by atoms with van der Waals surface area (Å²) in [6.45, 7) is 0. The quantitative estimate of drug-likeness (QED) is 0.182. The van der Waals surface area contributed by atoms with Crippen molar-refractivity contribution in [2.45, 2.75) is 29.4 Å². The predicted octanol–water partition coefficient (Wildman–Crippen LogP) is 9.54. The largest absolute Gasteiger partial charge is 0.166 e. The van der Waals surface area contributed by atoms with Crippen LogP contribution < -0.4 is 0 Å². The fourth-order valence-corrected chi connectivity index (χ4v) is 8.78. The third kappa shape index (κ3) is 5.33. The van der Waals surface area contributed by atoms with Gasteiger partial charge in [-0.15, -0.1) is 0 Å². The SMILES string of the molecule is c1ccc([S+](c2ccccc2)c2ccc(-c3ccc([S+](c4ccccc4)c4ccccc4)cc3)cc2)cc1. The summed E-state index contributed by atoms with van der Waals surface area (Å²) in [6, 6.07) is 61.5. The van der Waals surface area contributed by atoms with Crippen LogP contribution in [-0.4, -0.2) is 0 Å². The van der Waals surface area contributed by atoms with Gasteiger partial charge in [0.25, 0.3) is 0 Å². The van der Waals surface area contributed by atoms with Crippen LogP contribution in [0.25, 0.3) is 11.1 Å². The maximum absolute atomic E-state index is 2.30. The zero-order chi connectivity index (χ0) is 25.6. The van der Waals surface area contributed by atoms with E-state index < -0.39 is 0 Å². The molecule has 182 valence electrons. The molecule has 0 aliphatic rings. The second kappa shape index (κ2) is 11.6. The Kier molecular flexibility index (Phi) is 7.44. The van der Waals surface area contributed by atoms with E-state index in [9.17, 15) is 0 Å². The lowest BCUT2D eigenvalue weighted by atomic mass is 10.1. The molecule has 0 saturated carbocycles. The highest BCUT2D eigenvalue weighted by Crippen LogP contribution is 2.34. The van der Waals surface area contributed by atoms with Crippen molar-refractivity contribution in [2.24, 2.45) is 0 Å². The smallest absolute Gasteiger partial charge is 0.0619 e. The average Bonchev–Trinajstić information content (AvgIpc) is 3.00. The second-order valence-corrected chi connectivity index (χ2v) is 13.0. The Bertz CT molecular complexity index is 1360. The van der Waals surface area contributed by atoms with Crippen molar-refractivity contribution in [1.29, 1.82) is 0 Å². The minimum atomic E-state index is -0.130. The maximum Gasteiger partial charge on any atom is 0.166 e. The molecule has 2 heteroatoms. The third-order valence-electron chi connectivity index (χ3n) is 6.43. The van der Waals surface area contributed by atoms with Crippen LogP contribution >= 0.6 is 0 Å². The Morgan fingerprint density at radius 3 is 0.658 bits per heavy atom. The van der Waals surface area contributed by atoms with Gasteiger partial charge in [-0.3, -0.25) is 0 Å². The van der Waals surface area contributed by atoms with Crippen LogP contribution in [0.15, 0.2) is 199 Å².